The van der Waals surface area contributed by atoms with E-state index in [2.05, 4.69) is 19.9 Å². The lowest BCUT2D eigenvalue weighted by Crippen LogP contribution is -2.33. The molecule has 9 heteroatoms. The van der Waals surface area contributed by atoms with E-state index < -0.39 is 24.5 Å². The highest BCUT2D eigenvalue weighted by Crippen LogP contribution is 2.33. The summed E-state index contributed by atoms with van der Waals surface area (Å²) in [7, 11) is 0. The van der Waals surface area contributed by atoms with Gasteiger partial charge in [-0.1, -0.05) is 0 Å². The molecule has 23 heavy (non-hydrogen) atoms. The zero-order valence-corrected chi connectivity index (χ0v) is 12.5. The molecule has 0 radical (unpaired) electrons. The minimum absolute atomic E-state index is 0.366. The van der Waals surface area contributed by atoms with Gasteiger partial charge in [-0.25, -0.2) is 15.0 Å². The third-order valence-corrected chi connectivity index (χ3v) is 4.54. The second-order valence-electron chi connectivity index (χ2n) is 5.94. The number of aliphatic hydroxyl groups excluding tert-OH is 3. The van der Waals surface area contributed by atoms with Crippen LogP contribution >= 0.6 is 0 Å². The number of ether oxygens (including phenoxy) is 1. The predicted molar refractivity (Wildman–Crippen MR) is 79.8 cm³/mol. The van der Waals surface area contributed by atoms with Crippen molar-refractivity contribution in [3.63, 3.8) is 0 Å². The SMILES string of the molecule is OC[C@@H]1O[C@H](n2cnc3c(N4CCCC4)ncnc32)[C@@H](O)[C@@H]1O. The number of hydrogen-bond acceptors (Lipinski definition) is 8. The molecular weight excluding hydrogens is 302 g/mol. The van der Waals surface area contributed by atoms with Gasteiger partial charge in [0.15, 0.2) is 23.2 Å². The molecule has 9 nitrogen and oxygen atoms in total. The summed E-state index contributed by atoms with van der Waals surface area (Å²) in [4.78, 5) is 15.1. The van der Waals surface area contributed by atoms with E-state index in [4.69, 9.17) is 4.74 Å². The van der Waals surface area contributed by atoms with Crippen molar-refractivity contribution in [1.82, 2.24) is 19.5 Å². The molecule has 4 rings (SSSR count). The second-order valence-corrected chi connectivity index (χ2v) is 5.94. The molecular formula is C14H19N5O4. The molecule has 2 fully saturated rings. The second kappa shape index (κ2) is 5.68. The predicted octanol–water partition coefficient (Wildman–Crippen LogP) is -0.962. The summed E-state index contributed by atoms with van der Waals surface area (Å²) in [5.74, 6) is 0.776. The van der Waals surface area contributed by atoms with E-state index in [1.54, 1.807) is 4.57 Å². The molecule has 4 heterocycles. The van der Waals surface area contributed by atoms with Gasteiger partial charge < -0.3 is 25.0 Å². The zero-order chi connectivity index (χ0) is 16.0. The van der Waals surface area contributed by atoms with Crippen molar-refractivity contribution >= 4 is 17.0 Å². The minimum atomic E-state index is -1.16. The number of nitrogens with zero attached hydrogens (tertiary/aromatic N) is 5. The first kappa shape index (κ1) is 14.8. The lowest BCUT2D eigenvalue weighted by molar-refractivity contribution is -0.0511. The van der Waals surface area contributed by atoms with Crippen LogP contribution in [0.4, 0.5) is 5.82 Å². The van der Waals surface area contributed by atoms with Gasteiger partial charge in [-0.05, 0) is 12.8 Å². The molecule has 2 aromatic rings. The van der Waals surface area contributed by atoms with Crippen LogP contribution in [0.3, 0.4) is 0 Å². The normalized spacial score (nSPS) is 31.3. The van der Waals surface area contributed by atoms with Gasteiger partial charge in [-0.2, -0.15) is 0 Å². The molecule has 4 atom stereocenters. The van der Waals surface area contributed by atoms with Gasteiger partial charge in [-0.3, -0.25) is 4.57 Å². The van der Waals surface area contributed by atoms with E-state index in [1.165, 1.54) is 12.7 Å². The lowest BCUT2D eigenvalue weighted by Gasteiger charge is -2.18. The van der Waals surface area contributed by atoms with Gasteiger partial charge in [0.05, 0.1) is 12.9 Å². The first-order valence-corrected chi connectivity index (χ1v) is 7.75. The number of fused-ring (bicyclic) bond motifs is 1. The van der Waals surface area contributed by atoms with Gasteiger partial charge >= 0.3 is 0 Å². The Balaban J connectivity index is 1.73. The average molecular weight is 321 g/mol. The van der Waals surface area contributed by atoms with Crippen LogP contribution in [0.2, 0.25) is 0 Å². The Kier molecular flexibility index (Phi) is 3.64. The molecule has 0 aromatic carbocycles. The van der Waals surface area contributed by atoms with Crippen molar-refractivity contribution < 1.29 is 20.1 Å². The largest absolute Gasteiger partial charge is 0.394 e. The number of anilines is 1. The average Bonchev–Trinajstić information content (AvgIpc) is 3.28. The van der Waals surface area contributed by atoms with Crippen molar-refractivity contribution in [1.29, 1.82) is 0 Å². The summed E-state index contributed by atoms with van der Waals surface area (Å²) in [5, 5.41) is 29.3. The summed E-state index contributed by atoms with van der Waals surface area (Å²) in [6, 6.07) is 0. The van der Waals surface area contributed by atoms with Crippen LogP contribution in [-0.2, 0) is 4.74 Å². The van der Waals surface area contributed by atoms with E-state index in [0.29, 0.717) is 11.2 Å². The van der Waals surface area contributed by atoms with Gasteiger partial charge in [0.25, 0.3) is 0 Å². The fraction of sp³-hybridized carbons (Fsp3) is 0.643. The number of aliphatic hydroxyl groups is 3. The molecule has 0 saturated carbocycles. The minimum Gasteiger partial charge on any atom is -0.394 e. The standard InChI is InChI=1S/C14H19N5O4/c20-5-8-10(21)11(22)14(23-8)19-7-17-9-12(15-6-16-13(9)19)18-3-1-2-4-18/h6-8,10-11,14,20-22H,1-5H2/t8-,10+,11-,14-/m0/s1. The third-order valence-electron chi connectivity index (χ3n) is 4.54. The summed E-state index contributed by atoms with van der Waals surface area (Å²) in [6.45, 7) is 1.51. The van der Waals surface area contributed by atoms with E-state index in [1.807, 2.05) is 0 Å². The van der Waals surface area contributed by atoms with E-state index in [9.17, 15) is 15.3 Å². The maximum atomic E-state index is 10.2. The lowest BCUT2D eigenvalue weighted by atomic mass is 10.1. The van der Waals surface area contributed by atoms with Crippen molar-refractivity contribution in [2.24, 2.45) is 0 Å². The Hall–Kier alpha value is -1.81. The zero-order valence-electron chi connectivity index (χ0n) is 12.5. The highest BCUT2D eigenvalue weighted by Gasteiger charge is 2.44. The molecule has 2 aliphatic rings. The highest BCUT2D eigenvalue weighted by molar-refractivity contribution is 5.83. The van der Waals surface area contributed by atoms with Crippen LogP contribution in [0.1, 0.15) is 19.1 Å². The van der Waals surface area contributed by atoms with Gasteiger partial charge in [-0.15, -0.1) is 0 Å². The first-order chi connectivity index (χ1) is 11.2. The van der Waals surface area contributed by atoms with Crippen molar-refractivity contribution in [2.75, 3.05) is 24.6 Å². The molecule has 2 saturated heterocycles. The molecule has 2 aromatic heterocycles. The van der Waals surface area contributed by atoms with Crippen LogP contribution < -0.4 is 4.90 Å². The van der Waals surface area contributed by atoms with Crippen LogP contribution in [0.15, 0.2) is 12.7 Å². The van der Waals surface area contributed by atoms with Crippen molar-refractivity contribution in [3.05, 3.63) is 12.7 Å². The fourth-order valence-corrected chi connectivity index (χ4v) is 3.30. The number of aromatic nitrogens is 4. The molecule has 0 unspecified atom stereocenters. The van der Waals surface area contributed by atoms with Gasteiger partial charge in [0, 0.05) is 13.1 Å². The number of imidazole rings is 1. The summed E-state index contributed by atoms with van der Waals surface area (Å²) in [6.07, 6.45) is 1.27. The van der Waals surface area contributed by atoms with Crippen molar-refractivity contribution in [2.45, 2.75) is 37.4 Å². The van der Waals surface area contributed by atoms with Crippen LogP contribution in [0.5, 0.6) is 0 Å². The van der Waals surface area contributed by atoms with Crippen molar-refractivity contribution in [3.8, 4) is 0 Å². The first-order valence-electron chi connectivity index (χ1n) is 7.75. The Morgan fingerprint density at radius 3 is 2.61 bits per heavy atom. The summed E-state index contributed by atoms with van der Waals surface area (Å²) >= 11 is 0. The molecule has 3 N–H and O–H groups in total. The molecule has 124 valence electrons. The summed E-state index contributed by atoms with van der Waals surface area (Å²) in [5.41, 5.74) is 1.18. The van der Waals surface area contributed by atoms with E-state index in [-0.39, 0.29) is 6.61 Å². The van der Waals surface area contributed by atoms with Gasteiger partial charge in [0.2, 0.25) is 0 Å². The highest BCUT2D eigenvalue weighted by atomic mass is 16.6. The molecule has 0 spiro atoms. The summed E-state index contributed by atoms with van der Waals surface area (Å²) < 4.78 is 7.14. The third kappa shape index (κ3) is 2.27. The molecule has 2 aliphatic heterocycles. The molecule has 0 amide bonds. The quantitative estimate of drug-likeness (QED) is 0.662. The smallest absolute Gasteiger partial charge is 0.167 e. The Labute approximate surface area is 132 Å². The fourth-order valence-electron chi connectivity index (χ4n) is 3.30. The Morgan fingerprint density at radius 2 is 1.91 bits per heavy atom. The monoisotopic (exact) mass is 321 g/mol. The topological polar surface area (TPSA) is 117 Å². The molecule has 0 bridgehead atoms. The van der Waals surface area contributed by atoms with Gasteiger partial charge in [0.1, 0.15) is 24.6 Å². The van der Waals surface area contributed by atoms with Crippen LogP contribution in [-0.4, -0.2) is 72.8 Å². The van der Waals surface area contributed by atoms with E-state index in [0.717, 1.165) is 31.7 Å². The maximum Gasteiger partial charge on any atom is 0.167 e. The maximum absolute atomic E-state index is 10.2. The number of hydrogen-bond donors (Lipinski definition) is 3. The van der Waals surface area contributed by atoms with Crippen LogP contribution in [0.25, 0.3) is 11.2 Å². The van der Waals surface area contributed by atoms with E-state index >= 15 is 0 Å². The number of rotatable bonds is 3. The Morgan fingerprint density at radius 1 is 1.13 bits per heavy atom. The molecule has 0 aliphatic carbocycles. The Bertz CT molecular complexity index is 702. The van der Waals surface area contributed by atoms with Crippen LogP contribution in [0, 0.1) is 0 Å².